The first kappa shape index (κ1) is 7.35. The van der Waals surface area contributed by atoms with Gasteiger partial charge in [0.15, 0.2) is 0 Å². The SMILES string of the molecule is Fc1cccc(N2CC=CC2)c1. The van der Waals surface area contributed by atoms with Crippen molar-refractivity contribution in [2.45, 2.75) is 0 Å². The number of benzene rings is 1. The fraction of sp³-hybridized carbons (Fsp3) is 0.200. The Morgan fingerprint density at radius 3 is 2.58 bits per heavy atom. The van der Waals surface area contributed by atoms with E-state index < -0.39 is 0 Å². The van der Waals surface area contributed by atoms with Gasteiger partial charge in [0.1, 0.15) is 5.82 Å². The molecule has 0 saturated carbocycles. The van der Waals surface area contributed by atoms with E-state index in [0.717, 1.165) is 18.8 Å². The van der Waals surface area contributed by atoms with Gasteiger partial charge in [0.05, 0.1) is 0 Å². The summed E-state index contributed by atoms with van der Waals surface area (Å²) in [5, 5.41) is 0. The number of hydrogen-bond acceptors (Lipinski definition) is 1. The Morgan fingerprint density at radius 2 is 1.92 bits per heavy atom. The fourth-order valence-electron chi connectivity index (χ4n) is 1.36. The van der Waals surface area contributed by atoms with Crippen LogP contribution in [-0.4, -0.2) is 13.1 Å². The van der Waals surface area contributed by atoms with Gasteiger partial charge in [-0.1, -0.05) is 18.2 Å². The van der Waals surface area contributed by atoms with Gasteiger partial charge in [-0.2, -0.15) is 0 Å². The summed E-state index contributed by atoms with van der Waals surface area (Å²) in [6.45, 7) is 1.78. The number of anilines is 1. The van der Waals surface area contributed by atoms with E-state index in [1.807, 2.05) is 6.07 Å². The number of hydrogen-bond donors (Lipinski definition) is 0. The molecule has 0 amide bonds. The zero-order chi connectivity index (χ0) is 8.39. The summed E-state index contributed by atoms with van der Waals surface area (Å²) in [4.78, 5) is 2.11. The molecule has 62 valence electrons. The number of halogens is 1. The largest absolute Gasteiger partial charge is 0.364 e. The lowest BCUT2D eigenvalue weighted by atomic mass is 10.3. The number of rotatable bonds is 1. The summed E-state index contributed by atoms with van der Waals surface area (Å²) < 4.78 is 12.8. The number of nitrogens with zero attached hydrogens (tertiary/aromatic N) is 1. The third kappa shape index (κ3) is 1.33. The Labute approximate surface area is 71.1 Å². The molecular weight excluding hydrogens is 153 g/mol. The monoisotopic (exact) mass is 163 g/mol. The third-order valence-electron chi connectivity index (χ3n) is 1.99. The van der Waals surface area contributed by atoms with Gasteiger partial charge in [0, 0.05) is 18.8 Å². The van der Waals surface area contributed by atoms with Crippen molar-refractivity contribution in [3.63, 3.8) is 0 Å². The lowest BCUT2D eigenvalue weighted by Crippen LogP contribution is -2.18. The predicted octanol–water partition coefficient (Wildman–Crippen LogP) is 2.20. The van der Waals surface area contributed by atoms with Gasteiger partial charge in [-0.05, 0) is 18.2 Å². The van der Waals surface area contributed by atoms with Gasteiger partial charge in [0.2, 0.25) is 0 Å². The molecule has 0 atom stereocenters. The van der Waals surface area contributed by atoms with Crippen molar-refractivity contribution in [3.05, 3.63) is 42.2 Å². The molecule has 2 heteroatoms. The van der Waals surface area contributed by atoms with Crippen LogP contribution in [0.2, 0.25) is 0 Å². The van der Waals surface area contributed by atoms with Gasteiger partial charge in [-0.3, -0.25) is 0 Å². The fourth-order valence-corrected chi connectivity index (χ4v) is 1.36. The van der Waals surface area contributed by atoms with Gasteiger partial charge in [0.25, 0.3) is 0 Å². The molecule has 0 unspecified atom stereocenters. The molecule has 2 rings (SSSR count). The van der Waals surface area contributed by atoms with Crippen LogP contribution >= 0.6 is 0 Å². The topological polar surface area (TPSA) is 3.24 Å². The molecule has 1 heterocycles. The zero-order valence-corrected chi connectivity index (χ0v) is 6.70. The van der Waals surface area contributed by atoms with Crippen LogP contribution in [0.3, 0.4) is 0 Å². The quantitative estimate of drug-likeness (QED) is 0.574. The first-order valence-corrected chi connectivity index (χ1v) is 4.02. The summed E-state index contributed by atoms with van der Waals surface area (Å²) in [5.41, 5.74) is 0.958. The highest BCUT2D eigenvalue weighted by Gasteiger charge is 2.06. The maximum atomic E-state index is 12.8. The van der Waals surface area contributed by atoms with E-state index in [4.69, 9.17) is 0 Å². The Kier molecular flexibility index (Phi) is 1.82. The maximum absolute atomic E-state index is 12.8. The molecular formula is C10H10FN. The Hall–Kier alpha value is -1.31. The van der Waals surface area contributed by atoms with E-state index in [2.05, 4.69) is 17.1 Å². The molecule has 0 spiro atoms. The average molecular weight is 163 g/mol. The predicted molar refractivity (Wildman–Crippen MR) is 47.8 cm³/mol. The van der Waals surface area contributed by atoms with Crippen molar-refractivity contribution in [2.24, 2.45) is 0 Å². The van der Waals surface area contributed by atoms with Crippen LogP contribution in [0.15, 0.2) is 36.4 Å². The summed E-state index contributed by atoms with van der Waals surface area (Å²) in [7, 11) is 0. The molecule has 0 N–H and O–H groups in total. The smallest absolute Gasteiger partial charge is 0.125 e. The standard InChI is InChI=1S/C10H10FN/c11-9-4-3-5-10(8-9)12-6-1-2-7-12/h1-5,8H,6-7H2. The molecule has 1 aliphatic heterocycles. The van der Waals surface area contributed by atoms with Crippen molar-refractivity contribution < 1.29 is 4.39 Å². The average Bonchev–Trinajstić information content (AvgIpc) is 2.56. The summed E-state index contributed by atoms with van der Waals surface area (Å²) in [6, 6.07) is 6.69. The van der Waals surface area contributed by atoms with Crippen LogP contribution in [0.25, 0.3) is 0 Å². The molecule has 0 aliphatic carbocycles. The van der Waals surface area contributed by atoms with E-state index >= 15 is 0 Å². The summed E-state index contributed by atoms with van der Waals surface area (Å²) >= 11 is 0. The highest BCUT2D eigenvalue weighted by atomic mass is 19.1. The lowest BCUT2D eigenvalue weighted by molar-refractivity contribution is 0.627. The van der Waals surface area contributed by atoms with Crippen LogP contribution in [0.1, 0.15) is 0 Å². The van der Waals surface area contributed by atoms with E-state index in [-0.39, 0.29) is 5.82 Å². The molecule has 0 fully saturated rings. The van der Waals surface area contributed by atoms with Crippen LogP contribution < -0.4 is 4.90 Å². The van der Waals surface area contributed by atoms with Crippen molar-refractivity contribution in [3.8, 4) is 0 Å². The molecule has 1 aromatic carbocycles. The molecule has 1 nitrogen and oxygen atoms in total. The van der Waals surface area contributed by atoms with Crippen molar-refractivity contribution in [1.29, 1.82) is 0 Å². The highest BCUT2D eigenvalue weighted by Crippen LogP contribution is 2.17. The second-order valence-corrected chi connectivity index (χ2v) is 2.86. The molecule has 12 heavy (non-hydrogen) atoms. The minimum absolute atomic E-state index is 0.167. The second-order valence-electron chi connectivity index (χ2n) is 2.86. The maximum Gasteiger partial charge on any atom is 0.125 e. The van der Waals surface area contributed by atoms with E-state index in [9.17, 15) is 4.39 Å². The molecule has 0 saturated heterocycles. The third-order valence-corrected chi connectivity index (χ3v) is 1.99. The van der Waals surface area contributed by atoms with Crippen LogP contribution in [0.5, 0.6) is 0 Å². The molecule has 1 aliphatic rings. The second kappa shape index (κ2) is 2.97. The molecule has 0 radical (unpaired) electrons. The van der Waals surface area contributed by atoms with Gasteiger partial charge < -0.3 is 4.90 Å². The van der Waals surface area contributed by atoms with Crippen molar-refractivity contribution in [2.75, 3.05) is 18.0 Å². The Morgan fingerprint density at radius 1 is 1.17 bits per heavy atom. The van der Waals surface area contributed by atoms with Crippen molar-refractivity contribution in [1.82, 2.24) is 0 Å². The van der Waals surface area contributed by atoms with Crippen molar-refractivity contribution >= 4 is 5.69 Å². The van der Waals surface area contributed by atoms with Crippen LogP contribution in [0.4, 0.5) is 10.1 Å². The molecule has 1 aromatic rings. The summed E-state index contributed by atoms with van der Waals surface area (Å²) in [6.07, 6.45) is 4.18. The normalized spacial score (nSPS) is 15.6. The van der Waals surface area contributed by atoms with Crippen LogP contribution in [0, 0.1) is 5.82 Å². The minimum Gasteiger partial charge on any atom is -0.364 e. The van der Waals surface area contributed by atoms with E-state index in [1.54, 1.807) is 12.1 Å². The highest BCUT2D eigenvalue weighted by molar-refractivity contribution is 5.49. The molecule has 0 bridgehead atoms. The van der Waals surface area contributed by atoms with E-state index in [0.29, 0.717) is 0 Å². The lowest BCUT2D eigenvalue weighted by Gasteiger charge is -2.17. The first-order valence-electron chi connectivity index (χ1n) is 4.02. The summed E-state index contributed by atoms with van der Waals surface area (Å²) in [5.74, 6) is -0.167. The van der Waals surface area contributed by atoms with E-state index in [1.165, 1.54) is 6.07 Å². The van der Waals surface area contributed by atoms with Crippen LogP contribution in [-0.2, 0) is 0 Å². The molecule has 0 aromatic heterocycles. The Balaban J connectivity index is 2.22. The minimum atomic E-state index is -0.167. The van der Waals surface area contributed by atoms with Gasteiger partial charge in [-0.15, -0.1) is 0 Å². The van der Waals surface area contributed by atoms with Gasteiger partial charge in [-0.25, -0.2) is 4.39 Å². The Bertz CT molecular complexity index is 298. The van der Waals surface area contributed by atoms with Gasteiger partial charge >= 0.3 is 0 Å². The first-order chi connectivity index (χ1) is 5.86. The zero-order valence-electron chi connectivity index (χ0n) is 6.70.